The van der Waals surface area contributed by atoms with Crippen LogP contribution in [-0.2, 0) is 19.9 Å². The molecule has 1 aromatic rings. The first-order chi connectivity index (χ1) is 9.75. The average Bonchev–Trinajstić information content (AvgIpc) is 2.46. The molecule has 0 spiro atoms. The van der Waals surface area contributed by atoms with Crippen LogP contribution in [0.4, 0.5) is 0 Å². The average molecular weight is 370 g/mol. The quantitative estimate of drug-likeness (QED) is 0.815. The van der Waals surface area contributed by atoms with E-state index in [2.05, 4.69) is 4.98 Å². The Labute approximate surface area is 137 Å². The van der Waals surface area contributed by atoms with Crippen molar-refractivity contribution < 1.29 is 16.8 Å². The minimum Gasteiger partial charge on any atom is -0.330 e. The molecule has 2 rings (SSSR count). The smallest absolute Gasteiger partial charge is 0.244 e. The second-order valence-electron chi connectivity index (χ2n) is 5.19. The summed E-state index contributed by atoms with van der Waals surface area (Å²) in [4.78, 5) is 3.74. The Kier molecular flexibility index (Phi) is 6.34. The standard InChI is InChI=1S/C12H19N3O4S2.ClH/c1-20(16,17)12-3-2-11(9-14-12)21(18,19)15-6-4-10(8-13)5-7-15;/h2-3,9-10H,4-8,13H2,1H3;1H. The number of pyridine rings is 1. The molecular formula is C12H20ClN3O4S2. The van der Waals surface area contributed by atoms with Crippen LogP contribution in [0, 0.1) is 5.92 Å². The topological polar surface area (TPSA) is 110 Å². The van der Waals surface area contributed by atoms with Gasteiger partial charge in [0.25, 0.3) is 0 Å². The van der Waals surface area contributed by atoms with Crippen LogP contribution in [0.25, 0.3) is 0 Å². The van der Waals surface area contributed by atoms with Gasteiger partial charge >= 0.3 is 0 Å². The number of hydrogen-bond acceptors (Lipinski definition) is 6. The number of sulfone groups is 1. The summed E-state index contributed by atoms with van der Waals surface area (Å²) in [6, 6.07) is 2.50. The predicted molar refractivity (Wildman–Crippen MR) is 85.1 cm³/mol. The van der Waals surface area contributed by atoms with Gasteiger partial charge in [0.1, 0.15) is 4.90 Å². The van der Waals surface area contributed by atoms with Gasteiger partial charge in [-0.1, -0.05) is 0 Å². The van der Waals surface area contributed by atoms with Crippen molar-refractivity contribution in [1.29, 1.82) is 0 Å². The molecular weight excluding hydrogens is 350 g/mol. The van der Waals surface area contributed by atoms with Gasteiger partial charge < -0.3 is 5.73 Å². The molecule has 1 aliphatic rings. The summed E-state index contributed by atoms with van der Waals surface area (Å²) in [6.07, 6.45) is 3.61. The van der Waals surface area contributed by atoms with Crippen LogP contribution in [0.2, 0.25) is 0 Å². The summed E-state index contributed by atoms with van der Waals surface area (Å²) in [7, 11) is -7.05. The predicted octanol–water partition coefficient (Wildman–Crippen LogP) is 0.266. The van der Waals surface area contributed by atoms with Gasteiger partial charge in [0.2, 0.25) is 10.0 Å². The van der Waals surface area contributed by atoms with Crippen molar-refractivity contribution >= 4 is 32.3 Å². The molecule has 1 aliphatic heterocycles. The molecule has 0 aromatic carbocycles. The molecule has 0 radical (unpaired) electrons. The lowest BCUT2D eigenvalue weighted by Gasteiger charge is -2.30. The maximum absolute atomic E-state index is 12.4. The number of hydrogen-bond donors (Lipinski definition) is 1. The largest absolute Gasteiger partial charge is 0.330 e. The molecule has 1 saturated heterocycles. The second-order valence-corrected chi connectivity index (χ2v) is 9.09. The molecule has 0 saturated carbocycles. The maximum atomic E-state index is 12.4. The number of rotatable bonds is 4. The first kappa shape index (κ1) is 19.3. The van der Waals surface area contributed by atoms with Crippen LogP contribution >= 0.6 is 12.4 Å². The second kappa shape index (κ2) is 7.22. The Morgan fingerprint density at radius 1 is 1.23 bits per heavy atom. The highest BCUT2D eigenvalue weighted by Crippen LogP contribution is 2.23. The Balaban J connectivity index is 0.00000242. The van der Waals surface area contributed by atoms with Crippen molar-refractivity contribution in [2.75, 3.05) is 25.9 Å². The fourth-order valence-corrected chi connectivity index (χ4v) is 4.25. The summed E-state index contributed by atoms with van der Waals surface area (Å²) in [5, 5.41) is -0.136. The van der Waals surface area contributed by atoms with Crippen molar-refractivity contribution in [1.82, 2.24) is 9.29 Å². The van der Waals surface area contributed by atoms with E-state index in [1.807, 2.05) is 0 Å². The van der Waals surface area contributed by atoms with Crippen LogP contribution in [0.15, 0.2) is 28.3 Å². The number of piperidine rings is 1. The van der Waals surface area contributed by atoms with Crippen LogP contribution in [0.1, 0.15) is 12.8 Å². The molecule has 2 heterocycles. The zero-order valence-corrected chi connectivity index (χ0v) is 14.6. The van der Waals surface area contributed by atoms with Gasteiger partial charge in [0.05, 0.1) is 0 Å². The third-order valence-electron chi connectivity index (χ3n) is 3.63. The normalized spacial score (nSPS) is 17.9. The first-order valence-corrected chi connectivity index (χ1v) is 9.94. The molecule has 1 fully saturated rings. The van der Waals surface area contributed by atoms with E-state index in [-0.39, 0.29) is 22.3 Å². The Morgan fingerprint density at radius 3 is 2.23 bits per heavy atom. The minimum atomic E-state index is -3.62. The lowest BCUT2D eigenvalue weighted by atomic mass is 9.99. The van der Waals surface area contributed by atoms with Crippen molar-refractivity contribution in [3.63, 3.8) is 0 Å². The molecule has 0 bridgehead atoms. The highest BCUT2D eigenvalue weighted by atomic mass is 35.5. The van der Waals surface area contributed by atoms with E-state index in [0.29, 0.717) is 25.6 Å². The van der Waals surface area contributed by atoms with E-state index in [9.17, 15) is 16.8 Å². The van der Waals surface area contributed by atoms with E-state index < -0.39 is 19.9 Å². The maximum Gasteiger partial charge on any atom is 0.244 e. The third-order valence-corrected chi connectivity index (χ3v) is 6.52. The van der Waals surface area contributed by atoms with Gasteiger partial charge in [0.15, 0.2) is 14.9 Å². The van der Waals surface area contributed by atoms with Gasteiger partial charge in [-0.05, 0) is 37.4 Å². The van der Waals surface area contributed by atoms with Crippen molar-refractivity contribution in [3.05, 3.63) is 18.3 Å². The SMILES string of the molecule is CS(=O)(=O)c1ccc(S(=O)(=O)N2CCC(CN)CC2)cn1.Cl. The number of nitrogens with zero attached hydrogens (tertiary/aromatic N) is 2. The molecule has 0 unspecified atom stereocenters. The van der Waals surface area contributed by atoms with E-state index in [1.165, 1.54) is 16.4 Å². The third kappa shape index (κ3) is 4.17. The van der Waals surface area contributed by atoms with Crippen LogP contribution in [0.5, 0.6) is 0 Å². The molecule has 126 valence electrons. The molecule has 7 nitrogen and oxygen atoms in total. The molecule has 0 amide bonds. The molecule has 0 atom stereocenters. The van der Waals surface area contributed by atoms with Crippen LogP contribution < -0.4 is 5.73 Å². The fraction of sp³-hybridized carbons (Fsp3) is 0.583. The van der Waals surface area contributed by atoms with Crippen molar-refractivity contribution in [2.24, 2.45) is 11.7 Å². The van der Waals surface area contributed by atoms with Gasteiger partial charge in [-0.25, -0.2) is 21.8 Å². The highest BCUT2D eigenvalue weighted by molar-refractivity contribution is 7.90. The minimum absolute atomic E-state index is 0. The monoisotopic (exact) mass is 369 g/mol. The van der Waals surface area contributed by atoms with Gasteiger partial charge in [-0.15, -0.1) is 12.4 Å². The van der Waals surface area contributed by atoms with Crippen molar-refractivity contribution in [2.45, 2.75) is 22.8 Å². The Hall–Kier alpha value is -0.740. The molecule has 0 aliphatic carbocycles. The van der Waals surface area contributed by atoms with E-state index in [1.54, 1.807) is 0 Å². The highest BCUT2D eigenvalue weighted by Gasteiger charge is 2.29. The summed E-state index contributed by atoms with van der Waals surface area (Å²) >= 11 is 0. The zero-order valence-electron chi connectivity index (χ0n) is 12.2. The Morgan fingerprint density at radius 2 is 1.82 bits per heavy atom. The summed E-state index contributed by atoms with van der Waals surface area (Å²) in [5.41, 5.74) is 5.59. The number of sulfonamides is 1. The van der Waals surface area contributed by atoms with Crippen LogP contribution in [0.3, 0.4) is 0 Å². The fourth-order valence-electron chi connectivity index (χ4n) is 2.27. The zero-order chi connectivity index (χ0) is 15.7. The van der Waals surface area contributed by atoms with Gasteiger partial charge in [0, 0.05) is 25.5 Å². The molecule has 22 heavy (non-hydrogen) atoms. The summed E-state index contributed by atoms with van der Waals surface area (Å²) < 4.78 is 49.0. The number of halogens is 1. The van der Waals surface area contributed by atoms with Gasteiger partial charge in [-0.3, -0.25) is 0 Å². The molecule has 2 N–H and O–H groups in total. The van der Waals surface area contributed by atoms with E-state index in [0.717, 1.165) is 25.3 Å². The van der Waals surface area contributed by atoms with Crippen LogP contribution in [-0.4, -0.2) is 52.0 Å². The van der Waals surface area contributed by atoms with E-state index >= 15 is 0 Å². The lowest BCUT2D eigenvalue weighted by molar-refractivity contribution is 0.278. The summed E-state index contributed by atoms with van der Waals surface area (Å²) in [5.74, 6) is 0.363. The first-order valence-electron chi connectivity index (χ1n) is 6.61. The molecule has 10 heteroatoms. The number of nitrogens with two attached hydrogens (primary N) is 1. The summed E-state index contributed by atoms with van der Waals surface area (Å²) in [6.45, 7) is 1.43. The lowest BCUT2D eigenvalue weighted by Crippen LogP contribution is -2.40. The Bertz CT molecular complexity index is 696. The molecule has 1 aromatic heterocycles. The van der Waals surface area contributed by atoms with Crippen molar-refractivity contribution in [3.8, 4) is 0 Å². The number of aromatic nitrogens is 1. The van der Waals surface area contributed by atoms with Gasteiger partial charge in [-0.2, -0.15) is 4.31 Å². The van der Waals surface area contributed by atoms with E-state index in [4.69, 9.17) is 5.73 Å².